The lowest BCUT2D eigenvalue weighted by atomic mass is 9.98. The Balaban J connectivity index is 2.35. The minimum atomic E-state index is 0.359. The third-order valence-electron chi connectivity index (χ3n) is 3.17. The summed E-state index contributed by atoms with van der Waals surface area (Å²) in [5.74, 6) is 0.831. The van der Waals surface area contributed by atoms with Crippen molar-refractivity contribution in [1.29, 1.82) is 0 Å². The van der Waals surface area contributed by atoms with Gasteiger partial charge >= 0.3 is 0 Å². The number of rotatable bonds is 5. The summed E-state index contributed by atoms with van der Waals surface area (Å²) in [5.41, 5.74) is 6.62. The highest BCUT2D eigenvalue weighted by atomic mass is 16.1. The Morgan fingerprint density at radius 3 is 3.00 bits per heavy atom. The molecule has 15 heavy (non-hydrogen) atoms. The van der Waals surface area contributed by atoms with E-state index >= 15 is 0 Å². The summed E-state index contributed by atoms with van der Waals surface area (Å²) >= 11 is 0. The smallest absolute Gasteiger partial charge is 0.158 e. The van der Waals surface area contributed by atoms with Gasteiger partial charge in [0.25, 0.3) is 0 Å². The van der Waals surface area contributed by atoms with Gasteiger partial charge in [-0.15, -0.1) is 0 Å². The van der Waals surface area contributed by atoms with E-state index in [1.165, 1.54) is 19.3 Å². The number of hydrogen-bond donors (Lipinski definition) is 1. The molecule has 0 heterocycles. The number of ketones is 1. The lowest BCUT2D eigenvalue weighted by Gasteiger charge is -2.08. The summed E-state index contributed by atoms with van der Waals surface area (Å²) in [6, 6.07) is 0. The lowest BCUT2D eigenvalue weighted by molar-refractivity contribution is -0.116. The van der Waals surface area contributed by atoms with E-state index < -0.39 is 0 Å². The first-order valence-electron chi connectivity index (χ1n) is 6.16. The summed E-state index contributed by atoms with van der Waals surface area (Å²) < 4.78 is 0. The summed E-state index contributed by atoms with van der Waals surface area (Å²) in [4.78, 5) is 11.9. The van der Waals surface area contributed by atoms with Crippen LogP contribution < -0.4 is 5.73 Å². The minimum absolute atomic E-state index is 0.359. The molecule has 0 saturated heterocycles. The molecular weight excluding hydrogens is 186 g/mol. The summed E-state index contributed by atoms with van der Waals surface area (Å²) in [6.45, 7) is 2.79. The van der Waals surface area contributed by atoms with Gasteiger partial charge in [-0.3, -0.25) is 4.79 Å². The van der Waals surface area contributed by atoms with Crippen LogP contribution in [0.4, 0.5) is 0 Å². The molecule has 0 fully saturated rings. The van der Waals surface area contributed by atoms with Crippen LogP contribution in [0.3, 0.4) is 0 Å². The van der Waals surface area contributed by atoms with Crippen molar-refractivity contribution in [3.8, 4) is 0 Å². The highest BCUT2D eigenvalue weighted by molar-refractivity contribution is 5.95. The highest BCUT2D eigenvalue weighted by Gasteiger charge is 2.12. The molecule has 0 spiro atoms. The molecule has 1 aliphatic carbocycles. The van der Waals surface area contributed by atoms with Crippen LogP contribution in [0.15, 0.2) is 11.6 Å². The molecule has 0 radical (unpaired) electrons. The van der Waals surface area contributed by atoms with E-state index in [-0.39, 0.29) is 0 Å². The fourth-order valence-corrected chi connectivity index (χ4v) is 1.92. The van der Waals surface area contributed by atoms with Crippen molar-refractivity contribution in [3.05, 3.63) is 11.6 Å². The van der Waals surface area contributed by atoms with Crippen molar-refractivity contribution in [2.75, 3.05) is 6.54 Å². The monoisotopic (exact) mass is 209 g/mol. The van der Waals surface area contributed by atoms with Gasteiger partial charge in [0.15, 0.2) is 5.78 Å². The second kappa shape index (κ2) is 6.78. The third-order valence-corrected chi connectivity index (χ3v) is 3.17. The van der Waals surface area contributed by atoms with Gasteiger partial charge in [-0.1, -0.05) is 19.4 Å². The maximum absolute atomic E-state index is 11.9. The van der Waals surface area contributed by atoms with Crippen LogP contribution in [0.2, 0.25) is 0 Å². The molecule has 0 aliphatic heterocycles. The number of allylic oxidation sites excluding steroid dienone is 2. The summed E-state index contributed by atoms with van der Waals surface area (Å²) in [5, 5.41) is 0. The SMILES string of the molecule is CC(CN)CCC(=O)C1=CCCCCC1. The fraction of sp³-hybridized carbons (Fsp3) is 0.769. The predicted molar refractivity (Wildman–Crippen MR) is 63.6 cm³/mol. The van der Waals surface area contributed by atoms with Gasteiger partial charge in [0.2, 0.25) is 0 Å². The maximum Gasteiger partial charge on any atom is 0.158 e. The number of carbonyl (C=O) groups excluding carboxylic acids is 1. The van der Waals surface area contributed by atoms with E-state index in [0.29, 0.717) is 24.7 Å². The van der Waals surface area contributed by atoms with E-state index in [1.54, 1.807) is 0 Å². The first-order valence-corrected chi connectivity index (χ1v) is 6.16. The van der Waals surface area contributed by atoms with Crippen LogP contribution in [0.5, 0.6) is 0 Å². The Morgan fingerprint density at radius 2 is 2.27 bits per heavy atom. The first kappa shape index (κ1) is 12.4. The Morgan fingerprint density at radius 1 is 1.47 bits per heavy atom. The van der Waals surface area contributed by atoms with Crippen LogP contribution in [-0.4, -0.2) is 12.3 Å². The highest BCUT2D eigenvalue weighted by Crippen LogP contribution is 2.20. The maximum atomic E-state index is 11.9. The van der Waals surface area contributed by atoms with Gasteiger partial charge in [0.1, 0.15) is 0 Å². The predicted octanol–water partition coefficient (Wildman–Crippen LogP) is 2.82. The van der Waals surface area contributed by atoms with Crippen LogP contribution in [-0.2, 0) is 4.79 Å². The standard InChI is InChI=1S/C13H23NO/c1-11(10-14)8-9-13(15)12-6-4-2-3-5-7-12/h6,11H,2-5,7-10,14H2,1H3. The Labute approximate surface area is 92.9 Å². The molecule has 2 nitrogen and oxygen atoms in total. The van der Waals surface area contributed by atoms with E-state index in [4.69, 9.17) is 5.73 Å². The van der Waals surface area contributed by atoms with Crippen molar-refractivity contribution in [2.24, 2.45) is 11.7 Å². The zero-order valence-electron chi connectivity index (χ0n) is 9.80. The molecule has 0 aromatic heterocycles. The van der Waals surface area contributed by atoms with Crippen LogP contribution in [0, 0.1) is 5.92 Å². The third kappa shape index (κ3) is 4.61. The quantitative estimate of drug-likeness (QED) is 0.756. The van der Waals surface area contributed by atoms with Gasteiger partial charge in [-0.2, -0.15) is 0 Å². The Hall–Kier alpha value is -0.630. The van der Waals surface area contributed by atoms with Gasteiger partial charge in [0, 0.05) is 6.42 Å². The summed E-state index contributed by atoms with van der Waals surface area (Å²) in [6.07, 6.45) is 9.56. The topological polar surface area (TPSA) is 43.1 Å². The second-order valence-corrected chi connectivity index (χ2v) is 4.63. The second-order valence-electron chi connectivity index (χ2n) is 4.63. The molecule has 2 N–H and O–H groups in total. The molecule has 1 rings (SSSR count). The summed E-state index contributed by atoms with van der Waals surface area (Å²) in [7, 11) is 0. The van der Waals surface area contributed by atoms with Gasteiger partial charge in [-0.05, 0) is 50.1 Å². The van der Waals surface area contributed by atoms with Gasteiger partial charge in [-0.25, -0.2) is 0 Å². The number of nitrogens with two attached hydrogens (primary N) is 1. The van der Waals surface area contributed by atoms with Crippen molar-refractivity contribution >= 4 is 5.78 Å². The largest absolute Gasteiger partial charge is 0.330 e. The van der Waals surface area contributed by atoms with Gasteiger partial charge < -0.3 is 5.73 Å². The Bertz CT molecular complexity index is 233. The van der Waals surface area contributed by atoms with Crippen LogP contribution in [0.25, 0.3) is 0 Å². The lowest BCUT2D eigenvalue weighted by Crippen LogP contribution is -2.13. The van der Waals surface area contributed by atoms with E-state index in [9.17, 15) is 4.79 Å². The first-order chi connectivity index (χ1) is 7.24. The van der Waals surface area contributed by atoms with Crippen molar-refractivity contribution in [2.45, 2.75) is 51.9 Å². The molecule has 0 aromatic rings. The number of carbonyl (C=O) groups is 1. The fourth-order valence-electron chi connectivity index (χ4n) is 1.92. The molecule has 86 valence electrons. The van der Waals surface area contributed by atoms with Crippen molar-refractivity contribution < 1.29 is 4.79 Å². The number of hydrogen-bond acceptors (Lipinski definition) is 2. The normalized spacial score (nSPS) is 19.2. The van der Waals surface area contributed by atoms with Gasteiger partial charge in [0.05, 0.1) is 0 Å². The molecule has 1 atom stereocenters. The van der Waals surface area contributed by atoms with Crippen molar-refractivity contribution in [3.63, 3.8) is 0 Å². The van der Waals surface area contributed by atoms with Crippen molar-refractivity contribution in [1.82, 2.24) is 0 Å². The minimum Gasteiger partial charge on any atom is -0.330 e. The zero-order chi connectivity index (χ0) is 11.1. The molecule has 1 unspecified atom stereocenters. The molecule has 0 amide bonds. The molecule has 0 bridgehead atoms. The zero-order valence-corrected chi connectivity index (χ0v) is 9.80. The molecule has 1 aliphatic rings. The number of Topliss-reactive ketones (excluding diaryl/α,β-unsaturated/α-hetero) is 1. The molecule has 2 heteroatoms. The molecule has 0 saturated carbocycles. The van der Waals surface area contributed by atoms with E-state index in [1.807, 2.05) is 0 Å². The average molecular weight is 209 g/mol. The molecule has 0 aromatic carbocycles. The van der Waals surface area contributed by atoms with E-state index in [2.05, 4.69) is 13.0 Å². The van der Waals surface area contributed by atoms with E-state index in [0.717, 1.165) is 24.8 Å². The van der Waals surface area contributed by atoms with Crippen LogP contribution >= 0.6 is 0 Å². The van der Waals surface area contributed by atoms with Crippen LogP contribution in [0.1, 0.15) is 51.9 Å². The molecular formula is C13H23NO. The Kier molecular flexibility index (Phi) is 5.62. The average Bonchev–Trinajstić information content (AvgIpc) is 2.53.